The fourth-order valence-electron chi connectivity index (χ4n) is 2.25. The summed E-state index contributed by atoms with van der Waals surface area (Å²) in [6.07, 6.45) is 2.22. The van der Waals surface area contributed by atoms with Crippen LogP contribution in [0.15, 0.2) is 0 Å². The van der Waals surface area contributed by atoms with Crippen molar-refractivity contribution in [1.29, 1.82) is 0 Å². The van der Waals surface area contributed by atoms with Crippen molar-refractivity contribution in [3.63, 3.8) is 0 Å². The van der Waals surface area contributed by atoms with E-state index >= 15 is 0 Å². The molecule has 6 heteroatoms. The van der Waals surface area contributed by atoms with Crippen LogP contribution in [0.2, 0.25) is 0 Å². The summed E-state index contributed by atoms with van der Waals surface area (Å²) >= 11 is 0. The summed E-state index contributed by atoms with van der Waals surface area (Å²) in [7, 11) is 4.05. The highest BCUT2D eigenvalue weighted by molar-refractivity contribution is 5.29. The molecule has 1 saturated heterocycles. The first-order valence-electron chi connectivity index (χ1n) is 6.53. The summed E-state index contributed by atoms with van der Waals surface area (Å²) in [4.78, 5) is 8.85. The van der Waals surface area contributed by atoms with Crippen LogP contribution in [-0.2, 0) is 6.54 Å². The van der Waals surface area contributed by atoms with Crippen LogP contribution in [0.5, 0.6) is 0 Å². The van der Waals surface area contributed by atoms with Gasteiger partial charge in [-0.3, -0.25) is 5.10 Å². The zero-order chi connectivity index (χ0) is 13.2. The maximum atomic E-state index is 5.82. The highest BCUT2D eigenvalue weighted by Crippen LogP contribution is 2.30. The van der Waals surface area contributed by atoms with E-state index in [2.05, 4.69) is 31.9 Å². The van der Waals surface area contributed by atoms with Gasteiger partial charge in [-0.25, -0.2) is 0 Å². The second-order valence-electron chi connectivity index (χ2n) is 5.82. The molecule has 6 nitrogen and oxygen atoms in total. The Morgan fingerprint density at radius 3 is 2.61 bits per heavy atom. The molecule has 1 fully saturated rings. The van der Waals surface area contributed by atoms with Gasteiger partial charge in [-0.1, -0.05) is 6.92 Å². The maximum absolute atomic E-state index is 5.82. The van der Waals surface area contributed by atoms with Crippen molar-refractivity contribution in [3.8, 4) is 0 Å². The van der Waals surface area contributed by atoms with Gasteiger partial charge in [-0.2, -0.15) is 4.98 Å². The number of nitrogens with two attached hydrogens (primary N) is 1. The second-order valence-corrected chi connectivity index (χ2v) is 5.82. The Morgan fingerprint density at radius 1 is 1.39 bits per heavy atom. The number of nitrogens with one attached hydrogen (secondary N) is 1. The van der Waals surface area contributed by atoms with Crippen molar-refractivity contribution in [2.75, 3.05) is 38.6 Å². The van der Waals surface area contributed by atoms with E-state index in [0.29, 0.717) is 5.41 Å². The summed E-state index contributed by atoms with van der Waals surface area (Å²) in [5.74, 6) is 1.74. The van der Waals surface area contributed by atoms with Crippen molar-refractivity contribution in [2.45, 2.75) is 26.3 Å². The van der Waals surface area contributed by atoms with Crippen LogP contribution in [0.4, 0.5) is 5.95 Å². The Hall–Kier alpha value is -1.14. The van der Waals surface area contributed by atoms with Crippen molar-refractivity contribution in [2.24, 2.45) is 11.1 Å². The lowest BCUT2D eigenvalue weighted by Gasteiger charge is -2.38. The van der Waals surface area contributed by atoms with Crippen molar-refractivity contribution in [1.82, 2.24) is 20.1 Å². The van der Waals surface area contributed by atoms with Gasteiger partial charge in [0.05, 0.1) is 6.54 Å². The number of piperidine rings is 1. The van der Waals surface area contributed by atoms with E-state index in [4.69, 9.17) is 5.73 Å². The molecule has 0 amide bonds. The molecule has 2 heterocycles. The van der Waals surface area contributed by atoms with Crippen LogP contribution in [0.1, 0.15) is 25.6 Å². The van der Waals surface area contributed by atoms with Gasteiger partial charge in [0.2, 0.25) is 5.95 Å². The molecule has 0 spiro atoms. The van der Waals surface area contributed by atoms with Crippen LogP contribution in [0.25, 0.3) is 0 Å². The zero-order valence-corrected chi connectivity index (χ0v) is 11.6. The molecule has 1 aliphatic rings. The Balaban J connectivity index is 1.95. The van der Waals surface area contributed by atoms with Crippen LogP contribution in [0, 0.1) is 5.41 Å². The predicted molar refractivity (Wildman–Crippen MR) is 72.4 cm³/mol. The quantitative estimate of drug-likeness (QED) is 0.813. The van der Waals surface area contributed by atoms with Crippen LogP contribution in [0.3, 0.4) is 0 Å². The molecule has 0 aliphatic carbocycles. The van der Waals surface area contributed by atoms with Gasteiger partial charge in [-0.15, -0.1) is 5.10 Å². The molecular formula is C12H24N6. The standard InChI is InChI=1S/C12H24N6/c1-12(9-13)4-6-18(7-5-12)11-14-10(15-16-11)8-17(2)3/h4-9,13H2,1-3H3,(H,14,15,16). The Labute approximate surface area is 109 Å². The lowest BCUT2D eigenvalue weighted by atomic mass is 9.81. The van der Waals surface area contributed by atoms with Gasteiger partial charge in [0.15, 0.2) is 0 Å². The van der Waals surface area contributed by atoms with Crippen molar-refractivity contribution >= 4 is 5.95 Å². The molecule has 0 unspecified atom stereocenters. The van der Waals surface area contributed by atoms with Crippen LogP contribution < -0.4 is 10.6 Å². The number of aromatic amines is 1. The SMILES string of the molecule is CN(C)Cc1nc(N2CCC(C)(CN)CC2)n[nH]1. The summed E-state index contributed by atoms with van der Waals surface area (Å²) in [5, 5.41) is 7.30. The van der Waals surface area contributed by atoms with Gasteiger partial charge in [0.25, 0.3) is 0 Å². The van der Waals surface area contributed by atoms with E-state index in [0.717, 1.165) is 50.8 Å². The average molecular weight is 252 g/mol. The summed E-state index contributed by atoms with van der Waals surface area (Å²) in [6, 6.07) is 0. The zero-order valence-electron chi connectivity index (χ0n) is 11.6. The molecule has 1 aliphatic heterocycles. The molecular weight excluding hydrogens is 228 g/mol. The fraction of sp³-hybridized carbons (Fsp3) is 0.833. The molecule has 2 rings (SSSR count). The Morgan fingerprint density at radius 2 is 2.06 bits per heavy atom. The maximum Gasteiger partial charge on any atom is 0.244 e. The first-order valence-corrected chi connectivity index (χ1v) is 6.53. The van der Waals surface area contributed by atoms with E-state index < -0.39 is 0 Å². The van der Waals surface area contributed by atoms with Crippen LogP contribution in [-0.4, -0.2) is 53.8 Å². The third kappa shape index (κ3) is 3.00. The lowest BCUT2D eigenvalue weighted by molar-refractivity contribution is 0.257. The molecule has 0 saturated carbocycles. The molecule has 18 heavy (non-hydrogen) atoms. The number of H-pyrrole nitrogens is 1. The number of hydrogen-bond acceptors (Lipinski definition) is 5. The summed E-state index contributed by atoms with van der Waals surface area (Å²) in [6.45, 7) is 5.81. The van der Waals surface area contributed by atoms with Crippen molar-refractivity contribution in [3.05, 3.63) is 5.82 Å². The number of nitrogens with zero attached hydrogens (tertiary/aromatic N) is 4. The van der Waals surface area contributed by atoms with E-state index in [1.807, 2.05) is 14.1 Å². The van der Waals surface area contributed by atoms with E-state index in [1.165, 1.54) is 0 Å². The minimum atomic E-state index is 0.291. The molecule has 0 radical (unpaired) electrons. The first kappa shape index (κ1) is 13.3. The number of anilines is 1. The fourth-order valence-corrected chi connectivity index (χ4v) is 2.25. The monoisotopic (exact) mass is 252 g/mol. The normalized spacial score (nSPS) is 19.5. The van der Waals surface area contributed by atoms with Gasteiger partial charge in [0, 0.05) is 13.1 Å². The third-order valence-corrected chi connectivity index (χ3v) is 3.73. The molecule has 3 N–H and O–H groups in total. The number of hydrogen-bond donors (Lipinski definition) is 2. The molecule has 1 aromatic rings. The molecule has 0 aromatic carbocycles. The largest absolute Gasteiger partial charge is 0.340 e. The van der Waals surface area contributed by atoms with E-state index in [-0.39, 0.29) is 0 Å². The van der Waals surface area contributed by atoms with Gasteiger partial charge in [0.1, 0.15) is 5.82 Å². The number of aromatic nitrogens is 3. The molecule has 102 valence electrons. The highest BCUT2D eigenvalue weighted by atomic mass is 15.4. The minimum absolute atomic E-state index is 0.291. The number of rotatable bonds is 4. The highest BCUT2D eigenvalue weighted by Gasteiger charge is 2.29. The average Bonchev–Trinajstić information content (AvgIpc) is 2.77. The first-order chi connectivity index (χ1) is 8.52. The molecule has 0 atom stereocenters. The Bertz CT molecular complexity index is 378. The van der Waals surface area contributed by atoms with Crippen LogP contribution >= 0.6 is 0 Å². The molecule has 0 bridgehead atoms. The Kier molecular flexibility index (Phi) is 3.87. The van der Waals surface area contributed by atoms with Gasteiger partial charge < -0.3 is 15.5 Å². The van der Waals surface area contributed by atoms with E-state index in [9.17, 15) is 0 Å². The second kappa shape index (κ2) is 5.24. The summed E-state index contributed by atoms with van der Waals surface area (Å²) < 4.78 is 0. The van der Waals surface area contributed by atoms with E-state index in [1.54, 1.807) is 0 Å². The predicted octanol–water partition coefficient (Wildman–Crippen LogP) is 0.432. The molecule has 1 aromatic heterocycles. The van der Waals surface area contributed by atoms with Gasteiger partial charge >= 0.3 is 0 Å². The minimum Gasteiger partial charge on any atom is -0.340 e. The topological polar surface area (TPSA) is 74.1 Å². The van der Waals surface area contributed by atoms with Crippen molar-refractivity contribution < 1.29 is 0 Å². The van der Waals surface area contributed by atoms with Gasteiger partial charge in [-0.05, 0) is 38.9 Å². The lowest BCUT2D eigenvalue weighted by Crippen LogP contribution is -2.42. The third-order valence-electron chi connectivity index (χ3n) is 3.73. The smallest absolute Gasteiger partial charge is 0.244 e. The summed E-state index contributed by atoms with van der Waals surface area (Å²) in [5.41, 5.74) is 6.11.